The van der Waals surface area contributed by atoms with E-state index in [-0.39, 0.29) is 0 Å². The van der Waals surface area contributed by atoms with Gasteiger partial charge in [-0.15, -0.1) is 0 Å². The summed E-state index contributed by atoms with van der Waals surface area (Å²) in [5.74, 6) is 1.55. The zero-order valence-corrected chi connectivity index (χ0v) is 12.8. The molecule has 0 unspecified atom stereocenters. The second-order valence-electron chi connectivity index (χ2n) is 5.14. The zero-order chi connectivity index (χ0) is 15.0. The zero-order valence-electron chi connectivity index (χ0n) is 12.0. The SMILES string of the molecule is Cc1nc(N2CCN(S(C)(=O)=O)CC2)c2ccncc2n1. The highest BCUT2D eigenvalue weighted by atomic mass is 32.2. The Kier molecular flexibility index (Phi) is 3.50. The molecule has 0 aliphatic carbocycles. The van der Waals surface area contributed by atoms with Gasteiger partial charge in [-0.25, -0.2) is 18.4 Å². The maximum absolute atomic E-state index is 11.6. The number of fused-ring (bicyclic) bond motifs is 1. The van der Waals surface area contributed by atoms with E-state index in [0.717, 1.165) is 16.7 Å². The van der Waals surface area contributed by atoms with Crippen LogP contribution in [0.15, 0.2) is 18.5 Å². The molecule has 0 saturated carbocycles. The molecule has 112 valence electrons. The van der Waals surface area contributed by atoms with Crippen LogP contribution >= 0.6 is 0 Å². The Hall–Kier alpha value is -1.80. The Morgan fingerprint density at radius 2 is 1.86 bits per heavy atom. The summed E-state index contributed by atoms with van der Waals surface area (Å²) in [6.07, 6.45) is 4.69. The van der Waals surface area contributed by atoms with Crippen LogP contribution in [0, 0.1) is 6.92 Å². The molecule has 0 amide bonds. The van der Waals surface area contributed by atoms with E-state index in [9.17, 15) is 8.42 Å². The van der Waals surface area contributed by atoms with Gasteiger partial charge in [0.15, 0.2) is 0 Å². The molecule has 7 nitrogen and oxygen atoms in total. The number of sulfonamides is 1. The Balaban J connectivity index is 1.92. The van der Waals surface area contributed by atoms with Crippen molar-refractivity contribution in [3.05, 3.63) is 24.3 Å². The number of hydrogen-bond acceptors (Lipinski definition) is 6. The van der Waals surface area contributed by atoms with Gasteiger partial charge in [0.1, 0.15) is 11.6 Å². The van der Waals surface area contributed by atoms with Crippen LogP contribution in [0.1, 0.15) is 5.82 Å². The fraction of sp³-hybridized carbons (Fsp3) is 0.462. The maximum Gasteiger partial charge on any atom is 0.211 e. The number of aryl methyl sites for hydroxylation is 1. The number of hydrogen-bond donors (Lipinski definition) is 0. The van der Waals surface area contributed by atoms with Crippen molar-refractivity contribution in [1.29, 1.82) is 0 Å². The second-order valence-corrected chi connectivity index (χ2v) is 7.12. The van der Waals surface area contributed by atoms with Gasteiger partial charge in [0.05, 0.1) is 18.0 Å². The first-order chi connectivity index (χ1) is 9.95. The molecule has 8 heteroatoms. The van der Waals surface area contributed by atoms with E-state index in [2.05, 4.69) is 19.9 Å². The van der Waals surface area contributed by atoms with Crippen LogP contribution in [0.4, 0.5) is 5.82 Å². The average molecular weight is 307 g/mol. The first kappa shape index (κ1) is 14.2. The van der Waals surface area contributed by atoms with Gasteiger partial charge in [0, 0.05) is 37.8 Å². The fourth-order valence-electron chi connectivity index (χ4n) is 2.55. The molecule has 3 heterocycles. The van der Waals surface area contributed by atoms with Gasteiger partial charge in [-0.05, 0) is 13.0 Å². The Labute approximate surface area is 123 Å². The Morgan fingerprint density at radius 3 is 2.52 bits per heavy atom. The summed E-state index contributed by atoms with van der Waals surface area (Å²) < 4.78 is 24.6. The molecular formula is C13H17N5O2S. The van der Waals surface area contributed by atoms with Crippen molar-refractivity contribution in [1.82, 2.24) is 19.3 Å². The van der Waals surface area contributed by atoms with Gasteiger partial charge in [-0.1, -0.05) is 0 Å². The quantitative estimate of drug-likeness (QED) is 0.800. The Bertz CT molecular complexity index is 769. The van der Waals surface area contributed by atoms with E-state index in [0.29, 0.717) is 32.0 Å². The first-order valence-corrected chi connectivity index (χ1v) is 8.58. The summed E-state index contributed by atoms with van der Waals surface area (Å²) in [6, 6.07) is 1.90. The molecule has 0 spiro atoms. The van der Waals surface area contributed by atoms with Crippen LogP contribution in [0.3, 0.4) is 0 Å². The molecule has 1 saturated heterocycles. The molecule has 1 aliphatic rings. The Morgan fingerprint density at radius 1 is 1.14 bits per heavy atom. The third-order valence-electron chi connectivity index (χ3n) is 3.60. The highest BCUT2D eigenvalue weighted by molar-refractivity contribution is 7.88. The van der Waals surface area contributed by atoms with Gasteiger partial charge >= 0.3 is 0 Å². The summed E-state index contributed by atoms with van der Waals surface area (Å²) in [5.41, 5.74) is 0.811. The van der Waals surface area contributed by atoms with Gasteiger partial charge in [-0.3, -0.25) is 4.98 Å². The van der Waals surface area contributed by atoms with Crippen molar-refractivity contribution in [2.45, 2.75) is 6.92 Å². The predicted molar refractivity (Wildman–Crippen MR) is 80.7 cm³/mol. The van der Waals surface area contributed by atoms with E-state index in [4.69, 9.17) is 0 Å². The van der Waals surface area contributed by atoms with Crippen LogP contribution in [-0.4, -0.2) is 60.1 Å². The van der Waals surface area contributed by atoms with E-state index in [1.165, 1.54) is 10.6 Å². The van der Waals surface area contributed by atoms with Crippen molar-refractivity contribution < 1.29 is 8.42 Å². The van der Waals surface area contributed by atoms with Crippen LogP contribution < -0.4 is 4.90 Å². The summed E-state index contributed by atoms with van der Waals surface area (Å²) in [5, 5.41) is 0.948. The monoisotopic (exact) mass is 307 g/mol. The average Bonchev–Trinajstić information content (AvgIpc) is 2.45. The minimum Gasteiger partial charge on any atom is -0.353 e. The summed E-state index contributed by atoms with van der Waals surface area (Å²) in [6.45, 7) is 4.06. The summed E-state index contributed by atoms with van der Waals surface area (Å²) in [4.78, 5) is 15.1. The third-order valence-corrected chi connectivity index (χ3v) is 4.90. The number of anilines is 1. The smallest absolute Gasteiger partial charge is 0.211 e. The molecule has 3 rings (SSSR count). The van der Waals surface area contributed by atoms with Crippen molar-refractivity contribution in [2.24, 2.45) is 0 Å². The normalized spacial score (nSPS) is 17.3. The standard InChI is InChI=1S/C13H17N5O2S/c1-10-15-12-9-14-4-3-11(12)13(16-10)17-5-7-18(8-6-17)21(2,19)20/h3-4,9H,5-8H2,1-2H3. The largest absolute Gasteiger partial charge is 0.353 e. The van der Waals surface area contributed by atoms with Crippen molar-refractivity contribution in [3.63, 3.8) is 0 Å². The molecule has 21 heavy (non-hydrogen) atoms. The molecule has 2 aromatic rings. The summed E-state index contributed by atoms with van der Waals surface area (Å²) >= 11 is 0. The van der Waals surface area contributed by atoms with Gasteiger partial charge in [-0.2, -0.15) is 4.31 Å². The van der Waals surface area contributed by atoms with Gasteiger partial charge in [0.25, 0.3) is 0 Å². The maximum atomic E-state index is 11.6. The minimum absolute atomic E-state index is 0.481. The predicted octanol–water partition coefficient (Wildman–Crippen LogP) is 0.415. The molecule has 2 aromatic heterocycles. The lowest BCUT2D eigenvalue weighted by molar-refractivity contribution is 0.387. The highest BCUT2D eigenvalue weighted by Gasteiger charge is 2.25. The molecule has 0 atom stereocenters. The third kappa shape index (κ3) is 2.81. The van der Waals surface area contributed by atoms with Crippen LogP contribution in [-0.2, 0) is 10.0 Å². The number of nitrogens with zero attached hydrogens (tertiary/aromatic N) is 5. The lowest BCUT2D eigenvalue weighted by Gasteiger charge is -2.34. The van der Waals surface area contributed by atoms with Crippen molar-refractivity contribution in [3.8, 4) is 0 Å². The second kappa shape index (κ2) is 5.19. The number of piperazine rings is 1. The molecule has 0 bridgehead atoms. The number of rotatable bonds is 2. The van der Waals surface area contributed by atoms with E-state index in [1.807, 2.05) is 13.0 Å². The van der Waals surface area contributed by atoms with Crippen molar-refractivity contribution in [2.75, 3.05) is 37.3 Å². The first-order valence-electron chi connectivity index (χ1n) is 6.73. The number of aromatic nitrogens is 3. The fourth-order valence-corrected chi connectivity index (χ4v) is 3.38. The number of pyridine rings is 1. The van der Waals surface area contributed by atoms with Gasteiger partial charge < -0.3 is 4.90 Å². The van der Waals surface area contributed by atoms with Crippen LogP contribution in [0.25, 0.3) is 10.9 Å². The lowest BCUT2D eigenvalue weighted by atomic mass is 10.2. The van der Waals surface area contributed by atoms with Crippen molar-refractivity contribution >= 4 is 26.7 Å². The van der Waals surface area contributed by atoms with E-state index < -0.39 is 10.0 Å². The lowest BCUT2D eigenvalue weighted by Crippen LogP contribution is -2.48. The van der Waals surface area contributed by atoms with E-state index >= 15 is 0 Å². The summed E-state index contributed by atoms with van der Waals surface area (Å²) in [7, 11) is -3.12. The van der Waals surface area contributed by atoms with Gasteiger partial charge in [0.2, 0.25) is 10.0 Å². The highest BCUT2D eigenvalue weighted by Crippen LogP contribution is 2.24. The van der Waals surface area contributed by atoms with Crippen LogP contribution in [0.5, 0.6) is 0 Å². The molecule has 1 aliphatic heterocycles. The van der Waals surface area contributed by atoms with E-state index in [1.54, 1.807) is 12.4 Å². The minimum atomic E-state index is -3.12. The molecular weight excluding hydrogens is 290 g/mol. The van der Waals surface area contributed by atoms with Crippen LogP contribution in [0.2, 0.25) is 0 Å². The topological polar surface area (TPSA) is 79.3 Å². The molecule has 0 radical (unpaired) electrons. The molecule has 0 aromatic carbocycles. The molecule has 0 N–H and O–H groups in total. The molecule has 1 fully saturated rings.